The number of nitrogens with one attached hydrogen (secondary N) is 2. The van der Waals surface area contributed by atoms with Crippen LogP contribution < -0.4 is 15.5 Å². The van der Waals surface area contributed by atoms with Crippen molar-refractivity contribution in [1.29, 1.82) is 0 Å². The fourth-order valence-corrected chi connectivity index (χ4v) is 4.97. The smallest absolute Gasteiger partial charge is 0.225 e. The Kier molecular flexibility index (Phi) is 6.70. The molecule has 2 N–H and O–H groups in total. The molecule has 0 atom stereocenters. The zero-order valence-corrected chi connectivity index (χ0v) is 18.4. The number of nitrogens with zero attached hydrogens (tertiary/aromatic N) is 3. The molecular weight excluding hydrogens is 374 g/mol. The lowest BCUT2D eigenvalue weighted by Gasteiger charge is -2.29. The molecule has 1 amide bonds. The summed E-state index contributed by atoms with van der Waals surface area (Å²) in [5.41, 5.74) is 0.970. The van der Waals surface area contributed by atoms with Crippen molar-refractivity contribution in [3.63, 3.8) is 0 Å². The molecule has 1 aromatic carbocycles. The maximum atomic E-state index is 12.2. The largest absolute Gasteiger partial charge is 0.362 e. The van der Waals surface area contributed by atoms with Crippen molar-refractivity contribution in [3.05, 3.63) is 24.3 Å². The van der Waals surface area contributed by atoms with Gasteiger partial charge >= 0.3 is 0 Å². The van der Waals surface area contributed by atoms with E-state index < -0.39 is 0 Å². The third kappa shape index (κ3) is 5.21. The van der Waals surface area contributed by atoms with E-state index in [1.165, 1.54) is 25.7 Å². The van der Waals surface area contributed by atoms with Gasteiger partial charge in [0, 0.05) is 38.5 Å². The van der Waals surface area contributed by atoms with E-state index in [2.05, 4.69) is 16.7 Å². The van der Waals surface area contributed by atoms with Crippen LogP contribution in [0.1, 0.15) is 57.8 Å². The minimum Gasteiger partial charge on any atom is -0.362 e. The van der Waals surface area contributed by atoms with E-state index in [9.17, 15) is 4.79 Å². The molecule has 6 nitrogen and oxygen atoms in total. The van der Waals surface area contributed by atoms with Gasteiger partial charge in [0.15, 0.2) is 0 Å². The van der Waals surface area contributed by atoms with Gasteiger partial charge in [0.25, 0.3) is 0 Å². The van der Waals surface area contributed by atoms with E-state index in [0.29, 0.717) is 23.8 Å². The van der Waals surface area contributed by atoms with Crippen LogP contribution in [0.3, 0.4) is 0 Å². The van der Waals surface area contributed by atoms with Gasteiger partial charge in [-0.25, -0.2) is 4.98 Å². The van der Waals surface area contributed by atoms with Gasteiger partial charge in [0.05, 0.1) is 5.52 Å². The minimum atomic E-state index is 0.253. The van der Waals surface area contributed by atoms with Gasteiger partial charge in [-0.05, 0) is 62.5 Å². The number of benzene rings is 1. The summed E-state index contributed by atoms with van der Waals surface area (Å²) in [6.07, 6.45) is 10.2. The van der Waals surface area contributed by atoms with Crippen LogP contribution in [-0.4, -0.2) is 42.6 Å². The Hall–Kier alpha value is -2.37. The number of rotatable bonds is 7. The number of amides is 1. The predicted molar refractivity (Wildman–Crippen MR) is 123 cm³/mol. The maximum Gasteiger partial charge on any atom is 0.225 e. The van der Waals surface area contributed by atoms with Gasteiger partial charge in [0.2, 0.25) is 11.9 Å². The second-order valence-electron chi connectivity index (χ2n) is 9.30. The molecule has 2 aromatic rings. The Morgan fingerprint density at radius 2 is 1.73 bits per heavy atom. The topological polar surface area (TPSA) is 70.2 Å². The Bertz CT molecular complexity index is 854. The minimum absolute atomic E-state index is 0.253. The SMILES string of the molecule is CN(C)c1nc(N[C@H]2CC[C@@H](CNC(=O)CC3CCCC3)CC2)nc2ccccc12. The molecule has 2 fully saturated rings. The quantitative estimate of drug-likeness (QED) is 0.711. The van der Waals surface area contributed by atoms with Crippen LogP contribution in [0.4, 0.5) is 11.8 Å². The average Bonchev–Trinajstić information content (AvgIpc) is 3.25. The van der Waals surface area contributed by atoms with Crippen LogP contribution >= 0.6 is 0 Å². The third-order valence-corrected chi connectivity index (χ3v) is 6.72. The standard InChI is InChI=1S/C24H35N5O/c1-29(2)23-20-9-5-6-10-21(20)27-24(28-23)26-19-13-11-18(12-14-19)16-25-22(30)15-17-7-3-4-8-17/h5-6,9-10,17-19H,3-4,7-8,11-16H2,1-2H3,(H,25,30)(H,26,27,28)/t18-,19+. The Labute approximate surface area is 179 Å². The summed E-state index contributed by atoms with van der Waals surface area (Å²) in [6.45, 7) is 0.829. The normalized spacial score (nSPS) is 22.2. The van der Waals surface area contributed by atoms with Crippen LogP contribution in [0.25, 0.3) is 10.9 Å². The molecular formula is C24H35N5O. The number of hydrogen-bond acceptors (Lipinski definition) is 5. The summed E-state index contributed by atoms with van der Waals surface area (Å²) < 4.78 is 0. The van der Waals surface area contributed by atoms with Crippen LogP contribution in [0.15, 0.2) is 24.3 Å². The fraction of sp³-hybridized carbons (Fsp3) is 0.625. The second-order valence-corrected chi connectivity index (χ2v) is 9.30. The van der Waals surface area contributed by atoms with E-state index in [-0.39, 0.29) is 5.91 Å². The molecule has 0 saturated heterocycles. The summed E-state index contributed by atoms with van der Waals surface area (Å²) in [6, 6.07) is 8.55. The third-order valence-electron chi connectivity index (χ3n) is 6.72. The summed E-state index contributed by atoms with van der Waals surface area (Å²) in [4.78, 5) is 23.7. The van der Waals surface area contributed by atoms with Gasteiger partial charge in [-0.3, -0.25) is 4.79 Å². The average molecular weight is 410 g/mol. The van der Waals surface area contributed by atoms with Crippen molar-refractivity contribution in [3.8, 4) is 0 Å². The van der Waals surface area contributed by atoms with Gasteiger partial charge in [-0.2, -0.15) is 4.98 Å². The van der Waals surface area contributed by atoms with Crippen molar-refractivity contribution in [2.24, 2.45) is 11.8 Å². The van der Waals surface area contributed by atoms with E-state index in [0.717, 1.165) is 55.4 Å². The van der Waals surface area contributed by atoms with Crippen LogP contribution in [0, 0.1) is 11.8 Å². The lowest BCUT2D eigenvalue weighted by atomic mass is 9.86. The second kappa shape index (κ2) is 9.63. The number of carbonyl (C=O) groups excluding carboxylic acids is 1. The zero-order valence-electron chi connectivity index (χ0n) is 18.4. The number of fused-ring (bicyclic) bond motifs is 1. The molecule has 0 unspecified atom stereocenters. The number of para-hydroxylation sites is 1. The van der Waals surface area contributed by atoms with Gasteiger partial charge < -0.3 is 15.5 Å². The van der Waals surface area contributed by atoms with E-state index in [1.54, 1.807) is 0 Å². The Balaban J connectivity index is 1.27. The van der Waals surface area contributed by atoms with Gasteiger partial charge in [-0.1, -0.05) is 25.0 Å². The van der Waals surface area contributed by atoms with Gasteiger partial charge in [-0.15, -0.1) is 0 Å². The summed E-state index contributed by atoms with van der Waals surface area (Å²) in [7, 11) is 4.04. The highest BCUT2D eigenvalue weighted by Gasteiger charge is 2.24. The number of anilines is 2. The molecule has 162 valence electrons. The van der Waals surface area contributed by atoms with Crippen molar-refractivity contribution >= 4 is 28.6 Å². The number of aromatic nitrogens is 2. The van der Waals surface area contributed by atoms with E-state index in [4.69, 9.17) is 9.97 Å². The summed E-state index contributed by atoms with van der Waals surface area (Å²) in [5, 5.41) is 7.83. The summed E-state index contributed by atoms with van der Waals surface area (Å²) in [5.74, 6) is 3.12. The molecule has 30 heavy (non-hydrogen) atoms. The molecule has 6 heteroatoms. The highest BCUT2D eigenvalue weighted by Crippen LogP contribution is 2.29. The van der Waals surface area contributed by atoms with Crippen molar-refractivity contribution in [2.45, 2.75) is 63.8 Å². The maximum absolute atomic E-state index is 12.2. The molecule has 0 bridgehead atoms. The van der Waals surface area contributed by atoms with E-state index in [1.807, 2.05) is 37.2 Å². The predicted octanol–water partition coefficient (Wildman–Crippen LogP) is 4.36. The monoisotopic (exact) mass is 409 g/mol. The molecule has 1 aromatic heterocycles. The van der Waals surface area contributed by atoms with Crippen molar-refractivity contribution in [2.75, 3.05) is 30.9 Å². The fourth-order valence-electron chi connectivity index (χ4n) is 4.97. The first-order valence-electron chi connectivity index (χ1n) is 11.6. The van der Waals surface area contributed by atoms with Crippen molar-refractivity contribution in [1.82, 2.24) is 15.3 Å². The number of carbonyl (C=O) groups is 1. The molecule has 0 spiro atoms. The molecule has 0 radical (unpaired) electrons. The van der Waals surface area contributed by atoms with Crippen LogP contribution in [-0.2, 0) is 4.79 Å². The number of hydrogen-bond donors (Lipinski definition) is 2. The molecule has 2 saturated carbocycles. The highest BCUT2D eigenvalue weighted by atomic mass is 16.1. The van der Waals surface area contributed by atoms with Crippen LogP contribution in [0.2, 0.25) is 0 Å². The van der Waals surface area contributed by atoms with Gasteiger partial charge in [0.1, 0.15) is 5.82 Å². The summed E-state index contributed by atoms with van der Waals surface area (Å²) >= 11 is 0. The first-order chi connectivity index (χ1) is 14.6. The Morgan fingerprint density at radius 1 is 1.00 bits per heavy atom. The van der Waals surface area contributed by atoms with Crippen LogP contribution in [0.5, 0.6) is 0 Å². The highest BCUT2D eigenvalue weighted by molar-refractivity contribution is 5.90. The first kappa shape index (κ1) is 20.9. The first-order valence-corrected chi connectivity index (χ1v) is 11.6. The molecule has 2 aliphatic rings. The molecule has 1 heterocycles. The van der Waals surface area contributed by atoms with E-state index >= 15 is 0 Å². The molecule has 4 rings (SSSR count). The lowest BCUT2D eigenvalue weighted by molar-refractivity contribution is -0.122. The molecule has 0 aliphatic heterocycles. The Morgan fingerprint density at radius 3 is 2.47 bits per heavy atom. The zero-order chi connectivity index (χ0) is 20.9. The van der Waals surface area contributed by atoms with Crippen molar-refractivity contribution < 1.29 is 4.79 Å². The lowest BCUT2D eigenvalue weighted by Crippen LogP contribution is -2.34. The molecule has 2 aliphatic carbocycles.